The van der Waals surface area contributed by atoms with E-state index in [1.807, 2.05) is 0 Å². The number of amides is 2. The molecule has 9 nitrogen and oxygen atoms in total. The highest BCUT2D eigenvalue weighted by molar-refractivity contribution is 5.94. The number of aliphatic hydroxyl groups is 2. The number of hydrogen-bond acceptors (Lipinski definition) is 7. The molecule has 10 heteroatoms. The fourth-order valence-corrected chi connectivity index (χ4v) is 3.80. The fourth-order valence-electron chi connectivity index (χ4n) is 3.80. The Labute approximate surface area is 195 Å². The normalized spacial score (nSPS) is 20.8. The molecule has 2 amide bonds. The number of piperidine rings is 1. The van der Waals surface area contributed by atoms with Crippen LogP contribution < -0.4 is 10.1 Å². The van der Waals surface area contributed by atoms with Gasteiger partial charge in [0.2, 0.25) is 5.91 Å². The second kappa shape index (κ2) is 10.2. The van der Waals surface area contributed by atoms with E-state index in [1.165, 1.54) is 0 Å². The molecular formula is C24H25FN4O5. The van der Waals surface area contributed by atoms with E-state index in [4.69, 9.17) is 9.84 Å². The highest BCUT2D eigenvalue weighted by Crippen LogP contribution is 2.32. The molecule has 1 aromatic carbocycles. The topological polar surface area (TPSA) is 136 Å². The molecule has 0 radical (unpaired) electrons. The Bertz CT molecular complexity index is 1120. The molecule has 4 rings (SSSR count). The number of rotatable bonds is 7. The van der Waals surface area contributed by atoms with Crippen molar-refractivity contribution in [2.45, 2.75) is 37.6 Å². The summed E-state index contributed by atoms with van der Waals surface area (Å²) in [6, 6.07) is 10.4. The van der Waals surface area contributed by atoms with Crippen LogP contribution >= 0.6 is 0 Å². The number of aliphatic hydroxyl groups excluding tert-OH is 2. The molecule has 1 aliphatic heterocycles. The first-order chi connectivity index (χ1) is 16.4. The monoisotopic (exact) mass is 468 g/mol. The number of benzene rings is 1. The Morgan fingerprint density at radius 2 is 2.09 bits per heavy atom. The number of carbonyl (C=O) groups excluding carboxylic acids is 2. The van der Waals surface area contributed by atoms with Crippen LogP contribution in [-0.4, -0.2) is 70.0 Å². The van der Waals surface area contributed by atoms with E-state index in [9.17, 15) is 24.3 Å². The van der Waals surface area contributed by atoms with Gasteiger partial charge in [0.05, 0.1) is 24.4 Å². The zero-order chi connectivity index (χ0) is 24.2. The van der Waals surface area contributed by atoms with Gasteiger partial charge in [-0.2, -0.15) is 5.26 Å². The van der Waals surface area contributed by atoms with E-state index < -0.39 is 30.9 Å². The van der Waals surface area contributed by atoms with Gasteiger partial charge in [0.1, 0.15) is 17.9 Å². The minimum Gasteiger partial charge on any atom is -0.486 e. The number of pyridine rings is 1. The van der Waals surface area contributed by atoms with E-state index in [0.717, 1.165) is 17.7 Å². The smallest absolute Gasteiger partial charge is 0.253 e. The summed E-state index contributed by atoms with van der Waals surface area (Å²) in [5, 5.41) is 30.9. The SMILES string of the molecule is N#Cc1cc(-c2cc(NC(=O)C3CC3)ccn2)ccc1O[C@H]1CCN(C(=O)[C@@H](O)CO)C[C@H]1F. The summed E-state index contributed by atoms with van der Waals surface area (Å²) in [6.07, 6.45) is -0.424. The first kappa shape index (κ1) is 23.6. The van der Waals surface area contributed by atoms with Crippen molar-refractivity contribution in [3.63, 3.8) is 0 Å². The number of nitrogens with one attached hydrogen (secondary N) is 1. The number of ether oxygens (including phenoxy) is 1. The van der Waals surface area contributed by atoms with Gasteiger partial charge in [-0.05, 0) is 43.2 Å². The third kappa shape index (κ3) is 5.32. The molecule has 2 aliphatic rings. The second-order valence-corrected chi connectivity index (χ2v) is 8.46. The number of halogens is 1. The van der Waals surface area contributed by atoms with E-state index in [-0.39, 0.29) is 42.6 Å². The molecule has 0 unspecified atom stereocenters. The zero-order valence-corrected chi connectivity index (χ0v) is 18.4. The van der Waals surface area contributed by atoms with Crippen molar-refractivity contribution in [3.8, 4) is 23.1 Å². The molecule has 0 bridgehead atoms. The van der Waals surface area contributed by atoms with E-state index in [1.54, 1.807) is 36.5 Å². The first-order valence-corrected chi connectivity index (χ1v) is 11.1. The molecule has 2 heterocycles. The number of aromatic nitrogens is 1. The number of carbonyl (C=O) groups is 2. The summed E-state index contributed by atoms with van der Waals surface area (Å²) < 4.78 is 20.5. The number of likely N-dealkylation sites (tertiary alicyclic amines) is 1. The van der Waals surface area contributed by atoms with Crippen molar-refractivity contribution in [3.05, 3.63) is 42.1 Å². The minimum absolute atomic E-state index is 0.0157. The maximum Gasteiger partial charge on any atom is 0.253 e. The number of alkyl halides is 1. The van der Waals surface area contributed by atoms with Gasteiger partial charge in [-0.25, -0.2) is 4.39 Å². The molecule has 1 aromatic heterocycles. The van der Waals surface area contributed by atoms with Gasteiger partial charge in [-0.3, -0.25) is 14.6 Å². The molecule has 2 aromatic rings. The van der Waals surface area contributed by atoms with Crippen molar-refractivity contribution in [1.82, 2.24) is 9.88 Å². The lowest BCUT2D eigenvalue weighted by atomic mass is 10.0. The van der Waals surface area contributed by atoms with Crippen molar-refractivity contribution in [1.29, 1.82) is 5.26 Å². The lowest BCUT2D eigenvalue weighted by molar-refractivity contribution is -0.146. The Balaban J connectivity index is 1.44. The van der Waals surface area contributed by atoms with Crippen LogP contribution in [0.4, 0.5) is 10.1 Å². The fraction of sp³-hybridized carbons (Fsp3) is 0.417. The largest absolute Gasteiger partial charge is 0.486 e. The summed E-state index contributed by atoms with van der Waals surface area (Å²) in [7, 11) is 0. The van der Waals surface area contributed by atoms with Crippen molar-refractivity contribution in [2.24, 2.45) is 5.92 Å². The molecule has 0 spiro atoms. The van der Waals surface area contributed by atoms with Gasteiger partial charge in [0.25, 0.3) is 5.91 Å². The van der Waals surface area contributed by atoms with Gasteiger partial charge in [0.15, 0.2) is 12.3 Å². The van der Waals surface area contributed by atoms with Crippen LogP contribution in [0, 0.1) is 17.2 Å². The van der Waals surface area contributed by atoms with E-state index >= 15 is 0 Å². The molecular weight excluding hydrogens is 443 g/mol. The zero-order valence-electron chi connectivity index (χ0n) is 18.4. The minimum atomic E-state index is -1.57. The van der Waals surface area contributed by atoms with E-state index in [2.05, 4.69) is 16.4 Å². The summed E-state index contributed by atoms with van der Waals surface area (Å²) in [5.41, 5.74) is 2.03. The Kier molecular flexibility index (Phi) is 7.05. The molecule has 1 aliphatic carbocycles. The molecule has 3 N–H and O–H groups in total. The third-order valence-corrected chi connectivity index (χ3v) is 5.90. The second-order valence-electron chi connectivity index (χ2n) is 8.46. The molecule has 1 saturated heterocycles. The van der Waals surface area contributed by atoms with Gasteiger partial charge < -0.3 is 25.2 Å². The van der Waals surface area contributed by atoms with Crippen LogP contribution in [0.25, 0.3) is 11.3 Å². The van der Waals surface area contributed by atoms with Gasteiger partial charge in [0, 0.05) is 36.3 Å². The Morgan fingerprint density at radius 3 is 2.76 bits per heavy atom. The predicted octanol–water partition coefficient (Wildman–Crippen LogP) is 1.64. The average molecular weight is 468 g/mol. The number of nitrogens with zero attached hydrogens (tertiary/aromatic N) is 3. The number of anilines is 1. The quantitative estimate of drug-likeness (QED) is 0.562. The average Bonchev–Trinajstić information content (AvgIpc) is 3.70. The highest BCUT2D eigenvalue weighted by atomic mass is 19.1. The summed E-state index contributed by atoms with van der Waals surface area (Å²) >= 11 is 0. The van der Waals surface area contributed by atoms with Gasteiger partial charge in [-0.15, -0.1) is 0 Å². The summed E-state index contributed by atoms with van der Waals surface area (Å²) in [5.74, 6) is -0.457. The van der Waals surface area contributed by atoms with Crippen molar-refractivity contribution >= 4 is 17.5 Å². The maximum atomic E-state index is 14.7. The first-order valence-electron chi connectivity index (χ1n) is 11.1. The van der Waals surface area contributed by atoms with Crippen LogP contribution in [0.2, 0.25) is 0 Å². The van der Waals surface area contributed by atoms with Crippen molar-refractivity contribution in [2.75, 3.05) is 25.0 Å². The Hall–Kier alpha value is -3.55. The van der Waals surface area contributed by atoms with Crippen LogP contribution in [0.1, 0.15) is 24.8 Å². The standard InChI is InChI=1S/C24H25FN4O5/c25-18-12-29(24(33)20(31)13-30)8-6-22(18)34-21-4-3-15(9-16(21)11-26)19-10-17(5-7-27-19)28-23(32)14-1-2-14/h3-5,7,9-10,14,18,20,22,30-31H,1-2,6,8,12-13H2,(H,27,28,32)/t18-,20+,22+/m1/s1. The third-order valence-electron chi connectivity index (χ3n) is 5.90. The molecule has 178 valence electrons. The number of hydrogen-bond donors (Lipinski definition) is 3. The lowest BCUT2D eigenvalue weighted by Gasteiger charge is -2.35. The molecule has 3 atom stereocenters. The molecule has 34 heavy (non-hydrogen) atoms. The number of nitriles is 1. The molecule has 1 saturated carbocycles. The predicted molar refractivity (Wildman–Crippen MR) is 119 cm³/mol. The molecule has 2 fully saturated rings. The Morgan fingerprint density at radius 1 is 1.29 bits per heavy atom. The van der Waals surface area contributed by atoms with Crippen LogP contribution in [0.5, 0.6) is 5.75 Å². The lowest BCUT2D eigenvalue weighted by Crippen LogP contribution is -2.52. The van der Waals surface area contributed by atoms with Crippen molar-refractivity contribution < 1.29 is 28.9 Å². The summed E-state index contributed by atoms with van der Waals surface area (Å²) in [6.45, 7) is -0.844. The highest BCUT2D eigenvalue weighted by Gasteiger charge is 2.35. The van der Waals surface area contributed by atoms with Gasteiger partial charge >= 0.3 is 0 Å². The summed E-state index contributed by atoms with van der Waals surface area (Å²) in [4.78, 5) is 29.5. The van der Waals surface area contributed by atoms with E-state index in [0.29, 0.717) is 16.9 Å². The van der Waals surface area contributed by atoms with Crippen LogP contribution in [0.15, 0.2) is 36.5 Å². The van der Waals surface area contributed by atoms with Crippen LogP contribution in [0.3, 0.4) is 0 Å². The van der Waals surface area contributed by atoms with Gasteiger partial charge in [-0.1, -0.05) is 0 Å². The maximum absolute atomic E-state index is 14.7. The van der Waals surface area contributed by atoms with Crippen LogP contribution in [-0.2, 0) is 9.59 Å².